The van der Waals surface area contributed by atoms with E-state index in [1.165, 1.54) is 9.36 Å². The summed E-state index contributed by atoms with van der Waals surface area (Å²) in [6.45, 7) is 7.71. The normalized spacial score (nSPS) is 10.7. The van der Waals surface area contributed by atoms with E-state index in [4.69, 9.17) is 10.5 Å². The number of esters is 1. The van der Waals surface area contributed by atoms with Gasteiger partial charge in [0, 0.05) is 13.6 Å². The Morgan fingerprint density at radius 3 is 2.46 bits per heavy atom. The predicted molar refractivity (Wildman–Crippen MR) is 88.9 cm³/mol. The van der Waals surface area contributed by atoms with Gasteiger partial charge in [0.2, 0.25) is 0 Å². The highest BCUT2D eigenvalue weighted by atomic mass is 16.5. The minimum atomic E-state index is -0.536. The molecule has 0 aliphatic rings. The van der Waals surface area contributed by atoms with Gasteiger partial charge in [-0.25, -0.2) is 4.79 Å². The molecule has 2 rings (SSSR count). The van der Waals surface area contributed by atoms with Crippen LogP contribution < -0.4 is 11.1 Å². The molecule has 0 aliphatic carbocycles. The monoisotopic (exact) mass is 334 g/mol. The van der Waals surface area contributed by atoms with Crippen molar-refractivity contribution >= 4 is 23.4 Å². The lowest BCUT2D eigenvalue weighted by molar-refractivity contribution is 0.0526. The molecule has 3 N–H and O–H groups in total. The molecular formula is C15H22N6O3. The maximum absolute atomic E-state index is 12.7. The van der Waals surface area contributed by atoms with Crippen LogP contribution in [0.5, 0.6) is 0 Å². The van der Waals surface area contributed by atoms with Crippen LogP contribution in [0.2, 0.25) is 0 Å². The third-order valence-electron chi connectivity index (χ3n) is 3.62. The number of ether oxygens (including phenoxy) is 1. The summed E-state index contributed by atoms with van der Waals surface area (Å²) in [4.78, 5) is 24.8. The highest BCUT2D eigenvalue weighted by Crippen LogP contribution is 2.23. The third kappa shape index (κ3) is 2.97. The molecule has 1 amide bonds. The van der Waals surface area contributed by atoms with Crippen LogP contribution in [0.1, 0.15) is 46.1 Å². The van der Waals surface area contributed by atoms with E-state index in [-0.39, 0.29) is 23.7 Å². The van der Waals surface area contributed by atoms with Gasteiger partial charge in [0.1, 0.15) is 17.1 Å². The Bertz CT molecular complexity index is 790. The quantitative estimate of drug-likeness (QED) is 0.795. The van der Waals surface area contributed by atoms with E-state index in [0.29, 0.717) is 23.6 Å². The SMILES string of the molecule is CCOC(=O)c1c(C)nn(C)c1NC(=O)c1c(N)c(C)nn1CC. The van der Waals surface area contributed by atoms with Crippen LogP contribution in [0, 0.1) is 13.8 Å². The van der Waals surface area contributed by atoms with Crippen molar-refractivity contribution in [3.63, 3.8) is 0 Å². The lowest BCUT2D eigenvalue weighted by Gasteiger charge is -2.10. The molecule has 0 aromatic carbocycles. The summed E-state index contributed by atoms with van der Waals surface area (Å²) < 4.78 is 7.98. The van der Waals surface area contributed by atoms with Gasteiger partial charge in [-0.05, 0) is 27.7 Å². The topological polar surface area (TPSA) is 117 Å². The zero-order chi connectivity index (χ0) is 18.0. The lowest BCUT2D eigenvalue weighted by atomic mass is 10.2. The van der Waals surface area contributed by atoms with E-state index in [0.717, 1.165) is 0 Å². The van der Waals surface area contributed by atoms with Gasteiger partial charge in [0.15, 0.2) is 0 Å². The average molecular weight is 334 g/mol. The van der Waals surface area contributed by atoms with Crippen molar-refractivity contribution in [2.24, 2.45) is 7.05 Å². The molecule has 2 aromatic rings. The number of aromatic nitrogens is 4. The zero-order valence-electron chi connectivity index (χ0n) is 14.5. The highest BCUT2D eigenvalue weighted by Gasteiger charge is 2.26. The minimum Gasteiger partial charge on any atom is -0.462 e. The predicted octanol–water partition coefficient (Wildman–Crippen LogP) is 1.26. The summed E-state index contributed by atoms with van der Waals surface area (Å²) in [5, 5.41) is 11.1. The van der Waals surface area contributed by atoms with Crippen molar-refractivity contribution in [2.45, 2.75) is 34.2 Å². The summed E-state index contributed by atoms with van der Waals surface area (Å²) in [5.74, 6) is -0.730. The number of anilines is 2. The second-order valence-electron chi connectivity index (χ2n) is 5.27. The van der Waals surface area contributed by atoms with Crippen molar-refractivity contribution in [3.8, 4) is 0 Å². The first-order valence-corrected chi connectivity index (χ1v) is 7.66. The number of hydrogen-bond acceptors (Lipinski definition) is 6. The molecule has 0 fully saturated rings. The lowest BCUT2D eigenvalue weighted by Crippen LogP contribution is -2.22. The molecule has 0 radical (unpaired) electrons. The first kappa shape index (κ1) is 17.5. The number of nitrogens with two attached hydrogens (primary N) is 1. The van der Waals surface area contributed by atoms with Crippen molar-refractivity contribution in [1.82, 2.24) is 19.6 Å². The third-order valence-corrected chi connectivity index (χ3v) is 3.62. The first-order chi connectivity index (χ1) is 11.3. The fraction of sp³-hybridized carbons (Fsp3) is 0.467. The van der Waals surface area contributed by atoms with Crippen molar-refractivity contribution in [2.75, 3.05) is 17.7 Å². The fourth-order valence-corrected chi connectivity index (χ4v) is 2.48. The van der Waals surface area contributed by atoms with E-state index in [1.807, 2.05) is 6.92 Å². The first-order valence-electron chi connectivity index (χ1n) is 7.66. The summed E-state index contributed by atoms with van der Waals surface area (Å²) in [6, 6.07) is 0. The molecule has 0 saturated heterocycles. The number of nitrogens with zero attached hydrogens (tertiary/aromatic N) is 4. The van der Waals surface area contributed by atoms with E-state index in [9.17, 15) is 9.59 Å². The number of amides is 1. The molecule has 130 valence electrons. The molecule has 0 unspecified atom stereocenters. The average Bonchev–Trinajstić information content (AvgIpc) is 2.96. The molecule has 0 saturated carbocycles. The van der Waals surface area contributed by atoms with Gasteiger partial charge in [-0.15, -0.1) is 0 Å². The second-order valence-corrected chi connectivity index (χ2v) is 5.27. The van der Waals surface area contributed by atoms with E-state index in [2.05, 4.69) is 15.5 Å². The number of aryl methyl sites for hydroxylation is 4. The number of hydrogen-bond donors (Lipinski definition) is 2. The molecular weight excluding hydrogens is 312 g/mol. The van der Waals surface area contributed by atoms with Gasteiger partial charge in [0.25, 0.3) is 5.91 Å². The Morgan fingerprint density at radius 1 is 1.21 bits per heavy atom. The van der Waals surface area contributed by atoms with Crippen LogP contribution in [0.3, 0.4) is 0 Å². The minimum absolute atomic E-state index is 0.227. The summed E-state index contributed by atoms with van der Waals surface area (Å²) in [7, 11) is 1.64. The van der Waals surface area contributed by atoms with Crippen LogP contribution in [0.15, 0.2) is 0 Å². The van der Waals surface area contributed by atoms with Crippen LogP contribution in [0.4, 0.5) is 11.5 Å². The number of nitrogens with one attached hydrogen (secondary N) is 1. The molecule has 0 bridgehead atoms. The van der Waals surface area contributed by atoms with Crippen LogP contribution in [-0.2, 0) is 18.3 Å². The molecule has 9 nitrogen and oxygen atoms in total. The smallest absolute Gasteiger partial charge is 0.343 e. The van der Waals surface area contributed by atoms with Crippen molar-refractivity contribution < 1.29 is 14.3 Å². The van der Waals surface area contributed by atoms with Gasteiger partial charge in [-0.2, -0.15) is 10.2 Å². The van der Waals surface area contributed by atoms with Gasteiger partial charge in [-0.3, -0.25) is 14.2 Å². The standard InChI is InChI=1S/C15H22N6O3/c1-6-21-12(11(16)9(4)19-21)14(22)17-13-10(15(23)24-7-2)8(3)18-20(13)5/h6-7,16H2,1-5H3,(H,17,22). The fourth-order valence-electron chi connectivity index (χ4n) is 2.48. The Balaban J connectivity index is 2.42. The number of nitrogen functional groups attached to an aromatic ring is 1. The Labute approximate surface area is 139 Å². The Kier molecular flexibility index (Phi) is 4.91. The molecule has 0 atom stereocenters. The van der Waals surface area contributed by atoms with Gasteiger partial charge in [0.05, 0.1) is 23.7 Å². The van der Waals surface area contributed by atoms with Crippen LogP contribution in [0.25, 0.3) is 0 Å². The molecule has 9 heteroatoms. The molecule has 2 aromatic heterocycles. The van der Waals surface area contributed by atoms with Gasteiger partial charge < -0.3 is 15.8 Å². The molecule has 24 heavy (non-hydrogen) atoms. The highest BCUT2D eigenvalue weighted by molar-refractivity contribution is 6.09. The van der Waals surface area contributed by atoms with Crippen LogP contribution in [-0.4, -0.2) is 38.0 Å². The Morgan fingerprint density at radius 2 is 1.88 bits per heavy atom. The van der Waals surface area contributed by atoms with E-state index < -0.39 is 11.9 Å². The van der Waals surface area contributed by atoms with E-state index in [1.54, 1.807) is 27.8 Å². The number of carbonyl (C=O) groups excluding carboxylic acids is 2. The van der Waals surface area contributed by atoms with Crippen molar-refractivity contribution in [3.05, 3.63) is 22.6 Å². The van der Waals surface area contributed by atoms with Crippen LogP contribution >= 0.6 is 0 Å². The molecule has 0 spiro atoms. The number of rotatable bonds is 5. The zero-order valence-corrected chi connectivity index (χ0v) is 14.5. The maximum Gasteiger partial charge on any atom is 0.343 e. The molecule has 2 heterocycles. The summed E-state index contributed by atoms with van der Waals surface area (Å²) in [5.41, 5.74) is 7.81. The Hall–Kier alpha value is -2.84. The number of carbonyl (C=O) groups is 2. The van der Waals surface area contributed by atoms with Gasteiger partial charge in [-0.1, -0.05) is 0 Å². The largest absolute Gasteiger partial charge is 0.462 e. The maximum atomic E-state index is 12.7. The summed E-state index contributed by atoms with van der Waals surface area (Å²) in [6.07, 6.45) is 0. The summed E-state index contributed by atoms with van der Waals surface area (Å²) >= 11 is 0. The van der Waals surface area contributed by atoms with E-state index >= 15 is 0 Å². The van der Waals surface area contributed by atoms with Crippen molar-refractivity contribution in [1.29, 1.82) is 0 Å². The second kappa shape index (κ2) is 6.73. The molecule has 0 aliphatic heterocycles. The van der Waals surface area contributed by atoms with Gasteiger partial charge >= 0.3 is 5.97 Å².